The van der Waals surface area contributed by atoms with Crippen molar-refractivity contribution < 1.29 is 15.0 Å². The van der Waals surface area contributed by atoms with Crippen molar-refractivity contribution in [2.24, 2.45) is 0 Å². The molecule has 2 unspecified atom stereocenters. The standard InChI is InChI=1S/C18H18N2O3S/c1-10-6-5-8-12(11(10)2)19-17(23)15(21)16(22)18-20-13-7-3-4-9-14(13)24-18/h3-9,15-16,21-22H,1-2H3,(H,19,23). The van der Waals surface area contributed by atoms with Crippen molar-refractivity contribution in [2.45, 2.75) is 26.1 Å². The normalized spacial score (nSPS) is 13.7. The Balaban J connectivity index is 1.78. The predicted molar refractivity (Wildman–Crippen MR) is 95.1 cm³/mol. The largest absolute Gasteiger partial charge is 0.383 e. The number of aromatic nitrogens is 1. The van der Waals surface area contributed by atoms with Crippen LogP contribution >= 0.6 is 11.3 Å². The topological polar surface area (TPSA) is 82.5 Å². The fourth-order valence-corrected chi connectivity index (χ4v) is 3.37. The van der Waals surface area contributed by atoms with Gasteiger partial charge in [-0.15, -0.1) is 11.3 Å². The molecule has 3 N–H and O–H groups in total. The second-order valence-corrected chi connectivity index (χ2v) is 6.71. The summed E-state index contributed by atoms with van der Waals surface area (Å²) in [6.45, 7) is 3.83. The molecule has 0 radical (unpaired) electrons. The first kappa shape index (κ1) is 16.6. The van der Waals surface area contributed by atoms with Crippen LogP contribution in [0.1, 0.15) is 22.2 Å². The number of carbonyl (C=O) groups is 1. The zero-order valence-corrected chi connectivity index (χ0v) is 14.2. The van der Waals surface area contributed by atoms with Crippen molar-refractivity contribution in [3.05, 3.63) is 58.6 Å². The molecule has 6 heteroatoms. The van der Waals surface area contributed by atoms with Crippen LogP contribution in [0.3, 0.4) is 0 Å². The molecule has 0 spiro atoms. The van der Waals surface area contributed by atoms with Crippen LogP contribution in [0.2, 0.25) is 0 Å². The molecule has 2 atom stereocenters. The van der Waals surface area contributed by atoms with Gasteiger partial charge >= 0.3 is 0 Å². The number of rotatable bonds is 4. The molecular formula is C18H18N2O3S. The number of carbonyl (C=O) groups excluding carboxylic acids is 1. The molecule has 0 aliphatic carbocycles. The molecule has 0 aliphatic rings. The number of nitrogens with one attached hydrogen (secondary N) is 1. The molecule has 0 saturated carbocycles. The van der Waals surface area contributed by atoms with Gasteiger partial charge in [0.05, 0.1) is 10.2 Å². The number of nitrogens with zero attached hydrogens (tertiary/aromatic N) is 1. The molecule has 1 heterocycles. The lowest BCUT2D eigenvalue weighted by atomic mass is 10.1. The van der Waals surface area contributed by atoms with Gasteiger partial charge in [-0.05, 0) is 43.2 Å². The molecule has 24 heavy (non-hydrogen) atoms. The maximum absolute atomic E-state index is 12.3. The van der Waals surface area contributed by atoms with E-state index in [4.69, 9.17) is 0 Å². The Morgan fingerprint density at radius 3 is 2.62 bits per heavy atom. The molecule has 0 aliphatic heterocycles. The SMILES string of the molecule is Cc1cccc(NC(=O)C(O)C(O)c2nc3ccccc3s2)c1C. The summed E-state index contributed by atoms with van der Waals surface area (Å²) in [5.41, 5.74) is 3.32. The van der Waals surface area contributed by atoms with Gasteiger partial charge in [-0.25, -0.2) is 4.98 Å². The van der Waals surface area contributed by atoms with Gasteiger partial charge < -0.3 is 15.5 Å². The highest BCUT2D eigenvalue weighted by Gasteiger charge is 2.28. The van der Waals surface area contributed by atoms with Crippen LogP contribution in [0.15, 0.2) is 42.5 Å². The molecule has 0 bridgehead atoms. The van der Waals surface area contributed by atoms with Crippen molar-refractivity contribution in [1.82, 2.24) is 4.98 Å². The average molecular weight is 342 g/mol. The second-order valence-electron chi connectivity index (χ2n) is 5.65. The molecule has 0 saturated heterocycles. The van der Waals surface area contributed by atoms with Crippen LogP contribution < -0.4 is 5.32 Å². The Morgan fingerprint density at radius 1 is 1.12 bits per heavy atom. The summed E-state index contributed by atoms with van der Waals surface area (Å²) in [6.07, 6.45) is -2.96. The molecule has 0 fully saturated rings. The Hall–Kier alpha value is -2.28. The molecule has 1 aromatic heterocycles. The van der Waals surface area contributed by atoms with Crippen LogP contribution in [0.4, 0.5) is 5.69 Å². The third-order valence-corrected chi connectivity index (χ3v) is 5.10. The Kier molecular flexibility index (Phi) is 4.62. The van der Waals surface area contributed by atoms with Crippen LogP contribution in [0.5, 0.6) is 0 Å². The average Bonchev–Trinajstić information content (AvgIpc) is 3.01. The highest BCUT2D eigenvalue weighted by atomic mass is 32.1. The molecule has 1 amide bonds. The zero-order valence-electron chi connectivity index (χ0n) is 13.4. The van der Waals surface area contributed by atoms with E-state index in [1.807, 2.05) is 50.2 Å². The minimum absolute atomic E-state index is 0.319. The predicted octanol–water partition coefficient (Wildman–Crippen LogP) is 2.95. The van der Waals surface area contributed by atoms with Gasteiger partial charge in [0.2, 0.25) is 0 Å². The number of amides is 1. The minimum Gasteiger partial charge on any atom is -0.383 e. The summed E-state index contributed by atoms with van der Waals surface area (Å²) in [7, 11) is 0. The van der Waals surface area contributed by atoms with Crippen LogP contribution in [-0.2, 0) is 4.79 Å². The number of hydrogen-bond donors (Lipinski definition) is 3. The van der Waals surface area contributed by atoms with Crippen LogP contribution in [0.25, 0.3) is 10.2 Å². The van der Waals surface area contributed by atoms with Crippen molar-refractivity contribution in [3.63, 3.8) is 0 Å². The number of aliphatic hydroxyl groups excluding tert-OH is 2. The Bertz CT molecular complexity index is 858. The van der Waals surface area contributed by atoms with E-state index in [2.05, 4.69) is 10.3 Å². The number of thiazole rings is 1. The first-order valence-electron chi connectivity index (χ1n) is 7.56. The molecule has 5 nitrogen and oxygen atoms in total. The fourth-order valence-electron chi connectivity index (χ4n) is 2.39. The quantitative estimate of drug-likeness (QED) is 0.681. The first-order valence-corrected chi connectivity index (χ1v) is 8.37. The maximum Gasteiger partial charge on any atom is 0.256 e. The number of para-hydroxylation sites is 1. The highest BCUT2D eigenvalue weighted by Crippen LogP contribution is 2.28. The molecule has 124 valence electrons. The Labute approximate surface area is 143 Å². The first-order chi connectivity index (χ1) is 11.5. The summed E-state index contributed by atoms with van der Waals surface area (Å²) in [5.74, 6) is -0.657. The highest BCUT2D eigenvalue weighted by molar-refractivity contribution is 7.18. The zero-order chi connectivity index (χ0) is 17.3. The fraction of sp³-hybridized carbons (Fsp3) is 0.222. The number of benzene rings is 2. The van der Waals surface area contributed by atoms with Gasteiger partial charge in [0, 0.05) is 5.69 Å². The van der Waals surface area contributed by atoms with E-state index in [1.54, 1.807) is 6.07 Å². The van der Waals surface area contributed by atoms with Crippen LogP contribution in [0, 0.1) is 13.8 Å². The van der Waals surface area contributed by atoms with E-state index in [9.17, 15) is 15.0 Å². The van der Waals surface area contributed by atoms with Crippen molar-refractivity contribution in [2.75, 3.05) is 5.32 Å². The van der Waals surface area contributed by atoms with Gasteiger partial charge in [-0.1, -0.05) is 24.3 Å². The smallest absolute Gasteiger partial charge is 0.256 e. The van der Waals surface area contributed by atoms with E-state index >= 15 is 0 Å². The van der Waals surface area contributed by atoms with Crippen molar-refractivity contribution in [1.29, 1.82) is 0 Å². The second kappa shape index (κ2) is 6.68. The molecular weight excluding hydrogens is 324 g/mol. The van der Waals surface area contributed by atoms with Crippen molar-refractivity contribution >= 4 is 33.1 Å². The van der Waals surface area contributed by atoms with Crippen LogP contribution in [-0.4, -0.2) is 27.2 Å². The van der Waals surface area contributed by atoms with Gasteiger partial charge in [-0.3, -0.25) is 4.79 Å². The Morgan fingerprint density at radius 2 is 1.88 bits per heavy atom. The number of hydrogen-bond acceptors (Lipinski definition) is 5. The van der Waals surface area contributed by atoms with E-state index in [0.717, 1.165) is 21.3 Å². The van der Waals surface area contributed by atoms with Gasteiger partial charge in [0.25, 0.3) is 5.91 Å². The molecule has 3 aromatic rings. The molecule has 2 aromatic carbocycles. The van der Waals surface area contributed by atoms with E-state index in [0.29, 0.717) is 10.7 Å². The van der Waals surface area contributed by atoms with Gasteiger partial charge in [0.15, 0.2) is 6.10 Å². The number of aliphatic hydroxyl groups is 2. The minimum atomic E-state index is -1.59. The summed E-state index contributed by atoms with van der Waals surface area (Å²) in [5, 5.41) is 23.5. The van der Waals surface area contributed by atoms with Gasteiger partial charge in [-0.2, -0.15) is 0 Å². The number of aryl methyl sites for hydroxylation is 1. The molecule has 3 rings (SSSR count). The lowest BCUT2D eigenvalue weighted by Crippen LogP contribution is -2.33. The van der Waals surface area contributed by atoms with Gasteiger partial charge in [0.1, 0.15) is 11.1 Å². The third kappa shape index (κ3) is 3.17. The maximum atomic E-state index is 12.3. The van der Waals surface area contributed by atoms with E-state index in [1.165, 1.54) is 11.3 Å². The number of anilines is 1. The van der Waals surface area contributed by atoms with E-state index < -0.39 is 18.1 Å². The summed E-state index contributed by atoms with van der Waals surface area (Å²) in [4.78, 5) is 16.5. The summed E-state index contributed by atoms with van der Waals surface area (Å²) >= 11 is 1.26. The van der Waals surface area contributed by atoms with Crippen molar-refractivity contribution in [3.8, 4) is 0 Å². The van der Waals surface area contributed by atoms with E-state index in [-0.39, 0.29) is 0 Å². The summed E-state index contributed by atoms with van der Waals surface area (Å²) in [6, 6.07) is 13.0. The summed E-state index contributed by atoms with van der Waals surface area (Å²) < 4.78 is 0.897. The lowest BCUT2D eigenvalue weighted by molar-refractivity contribution is -0.129. The monoisotopic (exact) mass is 342 g/mol. The lowest BCUT2D eigenvalue weighted by Gasteiger charge is -2.17. The third-order valence-electron chi connectivity index (χ3n) is 3.99. The number of fused-ring (bicyclic) bond motifs is 1.